The van der Waals surface area contributed by atoms with Crippen molar-refractivity contribution < 1.29 is 19.7 Å². The van der Waals surface area contributed by atoms with Gasteiger partial charge in [0, 0.05) is 6.42 Å². The van der Waals surface area contributed by atoms with Crippen molar-refractivity contribution in [2.75, 3.05) is 0 Å². The lowest BCUT2D eigenvalue weighted by atomic mass is 10.1. The zero-order valence-electron chi connectivity index (χ0n) is 13.9. The Kier molecular flexibility index (Phi) is 10.2. The van der Waals surface area contributed by atoms with Crippen LogP contribution >= 0.6 is 0 Å². The molecule has 0 bridgehead atoms. The van der Waals surface area contributed by atoms with Gasteiger partial charge in [0.15, 0.2) is 0 Å². The smallest absolute Gasteiger partial charge is 0.303 e. The molecule has 2 N–H and O–H groups in total. The minimum Gasteiger partial charge on any atom is -0.481 e. The summed E-state index contributed by atoms with van der Waals surface area (Å²) >= 11 is 0. The zero-order chi connectivity index (χ0) is 16.2. The molecule has 0 aromatic carbocycles. The standard InChI is InChI=1S/C18H32O4/c1-2-3-7-11-16-17(22-16)14-13-15(19)10-8-5-4-6-9-12-18(20)21/h13-17,19H,2-12H2,1H3,(H,20,21)/b14-13+/t15-,16-,17-/m1/s1. The molecule has 1 saturated heterocycles. The number of carboxylic acids is 1. The molecule has 22 heavy (non-hydrogen) atoms. The number of hydrogen-bond acceptors (Lipinski definition) is 3. The van der Waals surface area contributed by atoms with E-state index in [0.717, 1.165) is 44.9 Å². The number of hydrogen-bond donors (Lipinski definition) is 2. The summed E-state index contributed by atoms with van der Waals surface area (Å²) in [6.07, 6.45) is 14.9. The van der Waals surface area contributed by atoms with E-state index in [9.17, 15) is 9.90 Å². The Morgan fingerprint density at radius 3 is 2.59 bits per heavy atom. The van der Waals surface area contributed by atoms with Gasteiger partial charge in [0.25, 0.3) is 0 Å². The fourth-order valence-corrected chi connectivity index (χ4v) is 2.65. The predicted octanol–water partition coefficient (Wildman–Crippen LogP) is 4.07. The second kappa shape index (κ2) is 11.7. The van der Waals surface area contributed by atoms with Gasteiger partial charge in [-0.25, -0.2) is 0 Å². The second-order valence-electron chi connectivity index (χ2n) is 6.29. The van der Waals surface area contributed by atoms with Gasteiger partial charge >= 0.3 is 5.97 Å². The van der Waals surface area contributed by atoms with E-state index in [1.807, 2.05) is 12.2 Å². The largest absolute Gasteiger partial charge is 0.481 e. The van der Waals surface area contributed by atoms with Gasteiger partial charge in [-0.2, -0.15) is 0 Å². The highest BCUT2D eigenvalue weighted by Gasteiger charge is 2.35. The third-order valence-corrected chi connectivity index (χ3v) is 4.13. The first-order valence-corrected chi connectivity index (χ1v) is 8.87. The third kappa shape index (κ3) is 9.96. The van der Waals surface area contributed by atoms with Crippen LogP contribution in [-0.2, 0) is 9.53 Å². The number of aliphatic hydroxyl groups excluding tert-OH is 1. The van der Waals surface area contributed by atoms with Crippen LogP contribution in [0.2, 0.25) is 0 Å². The number of rotatable bonds is 14. The summed E-state index contributed by atoms with van der Waals surface area (Å²) in [5.74, 6) is -0.712. The van der Waals surface area contributed by atoms with E-state index in [4.69, 9.17) is 9.84 Å². The number of aliphatic hydroxyl groups is 1. The van der Waals surface area contributed by atoms with Crippen molar-refractivity contribution in [3.05, 3.63) is 12.2 Å². The molecular weight excluding hydrogens is 280 g/mol. The SMILES string of the molecule is CCCCC[C@H]1O[C@@H]1/C=C/[C@H](O)CCCCCCCC(=O)O. The Morgan fingerprint density at radius 1 is 1.14 bits per heavy atom. The van der Waals surface area contributed by atoms with Crippen LogP contribution in [0.5, 0.6) is 0 Å². The molecule has 1 fully saturated rings. The molecule has 0 spiro atoms. The molecular formula is C18H32O4. The molecule has 1 heterocycles. The quantitative estimate of drug-likeness (QED) is 0.288. The molecule has 1 aliphatic rings. The molecule has 0 saturated carbocycles. The number of epoxide rings is 1. The van der Waals surface area contributed by atoms with Crippen LogP contribution in [0.1, 0.15) is 77.6 Å². The van der Waals surface area contributed by atoms with Crippen molar-refractivity contribution in [3.63, 3.8) is 0 Å². The number of carbonyl (C=O) groups is 1. The summed E-state index contributed by atoms with van der Waals surface area (Å²) in [6, 6.07) is 0. The average Bonchev–Trinajstić information content (AvgIpc) is 3.22. The predicted molar refractivity (Wildman–Crippen MR) is 87.9 cm³/mol. The molecule has 1 rings (SSSR count). The van der Waals surface area contributed by atoms with Gasteiger partial charge < -0.3 is 14.9 Å². The van der Waals surface area contributed by atoms with Gasteiger partial charge in [0.05, 0.1) is 12.2 Å². The fraction of sp³-hybridized carbons (Fsp3) is 0.833. The normalized spacial score (nSPS) is 22.1. The molecule has 0 amide bonds. The van der Waals surface area contributed by atoms with Gasteiger partial charge in [-0.1, -0.05) is 64.0 Å². The summed E-state index contributed by atoms with van der Waals surface area (Å²) in [6.45, 7) is 2.20. The Balaban J connectivity index is 1.92. The molecule has 4 heteroatoms. The maximum Gasteiger partial charge on any atom is 0.303 e. The summed E-state index contributed by atoms with van der Waals surface area (Å²) in [5, 5.41) is 18.4. The summed E-state index contributed by atoms with van der Waals surface area (Å²) < 4.78 is 5.56. The molecule has 0 aromatic rings. The fourth-order valence-electron chi connectivity index (χ4n) is 2.65. The van der Waals surface area contributed by atoms with E-state index in [0.29, 0.717) is 6.10 Å². The Morgan fingerprint density at radius 2 is 1.86 bits per heavy atom. The second-order valence-corrected chi connectivity index (χ2v) is 6.29. The van der Waals surface area contributed by atoms with E-state index in [1.165, 1.54) is 19.3 Å². The highest BCUT2D eigenvalue weighted by molar-refractivity contribution is 5.66. The topological polar surface area (TPSA) is 70.1 Å². The highest BCUT2D eigenvalue weighted by Crippen LogP contribution is 2.28. The van der Waals surface area contributed by atoms with Crippen molar-refractivity contribution in [2.24, 2.45) is 0 Å². The number of ether oxygens (including phenoxy) is 1. The molecule has 3 atom stereocenters. The summed E-state index contributed by atoms with van der Waals surface area (Å²) in [7, 11) is 0. The van der Waals surface area contributed by atoms with Crippen molar-refractivity contribution >= 4 is 5.97 Å². The van der Waals surface area contributed by atoms with Gasteiger partial charge in [0.2, 0.25) is 0 Å². The van der Waals surface area contributed by atoms with E-state index in [2.05, 4.69) is 6.92 Å². The molecule has 1 aliphatic heterocycles. The van der Waals surface area contributed by atoms with Crippen molar-refractivity contribution in [1.82, 2.24) is 0 Å². The van der Waals surface area contributed by atoms with Crippen LogP contribution in [0.25, 0.3) is 0 Å². The minimum absolute atomic E-state index is 0.225. The van der Waals surface area contributed by atoms with Gasteiger partial charge in [-0.05, 0) is 19.3 Å². The first-order valence-electron chi connectivity index (χ1n) is 8.87. The van der Waals surface area contributed by atoms with E-state index in [1.54, 1.807) is 0 Å². The lowest BCUT2D eigenvalue weighted by Gasteiger charge is -2.05. The Labute approximate surface area is 134 Å². The maximum absolute atomic E-state index is 10.4. The van der Waals surface area contributed by atoms with Crippen LogP contribution in [0.15, 0.2) is 12.2 Å². The molecule has 0 aliphatic carbocycles. The number of aliphatic carboxylic acids is 1. The lowest BCUT2D eigenvalue weighted by Crippen LogP contribution is -2.02. The van der Waals surface area contributed by atoms with E-state index >= 15 is 0 Å². The average molecular weight is 312 g/mol. The maximum atomic E-state index is 10.4. The molecule has 0 aromatic heterocycles. The molecule has 128 valence electrons. The molecule has 4 nitrogen and oxygen atoms in total. The number of unbranched alkanes of at least 4 members (excludes halogenated alkanes) is 6. The lowest BCUT2D eigenvalue weighted by molar-refractivity contribution is -0.137. The Bertz CT molecular complexity index is 327. The van der Waals surface area contributed by atoms with Crippen LogP contribution in [-0.4, -0.2) is 34.5 Å². The van der Waals surface area contributed by atoms with Crippen LogP contribution in [0.4, 0.5) is 0 Å². The van der Waals surface area contributed by atoms with Crippen molar-refractivity contribution in [1.29, 1.82) is 0 Å². The van der Waals surface area contributed by atoms with Crippen LogP contribution in [0.3, 0.4) is 0 Å². The number of carboxylic acid groups (broad SMARTS) is 1. The minimum atomic E-state index is -0.712. The van der Waals surface area contributed by atoms with Crippen molar-refractivity contribution in [3.8, 4) is 0 Å². The Hall–Kier alpha value is -0.870. The highest BCUT2D eigenvalue weighted by atomic mass is 16.6. The molecule has 0 radical (unpaired) electrons. The van der Waals surface area contributed by atoms with Gasteiger partial charge in [-0.3, -0.25) is 4.79 Å². The molecule has 0 unspecified atom stereocenters. The van der Waals surface area contributed by atoms with Crippen LogP contribution in [0, 0.1) is 0 Å². The van der Waals surface area contributed by atoms with Gasteiger partial charge in [0.1, 0.15) is 6.10 Å². The summed E-state index contributed by atoms with van der Waals surface area (Å²) in [5.41, 5.74) is 0. The third-order valence-electron chi connectivity index (χ3n) is 4.13. The van der Waals surface area contributed by atoms with E-state index in [-0.39, 0.29) is 18.6 Å². The monoisotopic (exact) mass is 312 g/mol. The van der Waals surface area contributed by atoms with Gasteiger partial charge in [-0.15, -0.1) is 0 Å². The zero-order valence-corrected chi connectivity index (χ0v) is 13.9. The van der Waals surface area contributed by atoms with Crippen LogP contribution < -0.4 is 0 Å². The first-order chi connectivity index (χ1) is 10.6. The van der Waals surface area contributed by atoms with E-state index < -0.39 is 5.97 Å². The summed E-state index contributed by atoms with van der Waals surface area (Å²) in [4.78, 5) is 10.4. The first kappa shape index (κ1) is 19.2. The van der Waals surface area contributed by atoms with Crippen molar-refractivity contribution in [2.45, 2.75) is 95.9 Å².